The molecule has 1 fully saturated rings. The number of carbonyl (C=O) groups is 2. The molecule has 0 unspecified atom stereocenters. The summed E-state index contributed by atoms with van der Waals surface area (Å²) >= 11 is 5.96. The molecule has 218 valence electrons. The van der Waals surface area contributed by atoms with Crippen molar-refractivity contribution in [3.05, 3.63) is 70.1 Å². The summed E-state index contributed by atoms with van der Waals surface area (Å²) in [5.41, 5.74) is 2.36. The zero-order valence-corrected chi connectivity index (χ0v) is 23.8. The van der Waals surface area contributed by atoms with Gasteiger partial charge in [0.25, 0.3) is 10.1 Å². The molecule has 13 heteroatoms. The van der Waals surface area contributed by atoms with Crippen molar-refractivity contribution in [1.82, 2.24) is 16.0 Å². The lowest BCUT2D eigenvalue weighted by atomic mass is 9.84. The molecule has 2 atom stereocenters. The molecule has 3 heterocycles. The van der Waals surface area contributed by atoms with Crippen LogP contribution < -0.4 is 10.9 Å². The van der Waals surface area contributed by atoms with Crippen LogP contribution in [0.4, 0.5) is 0 Å². The van der Waals surface area contributed by atoms with E-state index in [2.05, 4.69) is 4.98 Å². The van der Waals surface area contributed by atoms with Gasteiger partial charge in [-0.2, -0.15) is 8.42 Å². The first kappa shape index (κ1) is 31.5. The largest absolute Gasteiger partial charge is 0.494 e. The fourth-order valence-electron chi connectivity index (χ4n) is 4.71. The van der Waals surface area contributed by atoms with Crippen LogP contribution in [-0.2, 0) is 35.8 Å². The number of hydrogen-bond donors (Lipinski definition) is 2. The molecule has 0 spiro atoms. The molecular weight excluding hydrogens is 562 g/mol. The molecule has 40 heavy (non-hydrogen) atoms. The number of pyridine rings is 1. The van der Waals surface area contributed by atoms with Gasteiger partial charge in [0.05, 0.1) is 30.6 Å². The molecule has 4 rings (SSSR count). The van der Waals surface area contributed by atoms with Crippen molar-refractivity contribution >= 4 is 33.6 Å². The molecule has 2 aliphatic heterocycles. The second-order valence-corrected chi connectivity index (χ2v) is 11.5. The summed E-state index contributed by atoms with van der Waals surface area (Å²) in [4.78, 5) is 32.4. The van der Waals surface area contributed by atoms with E-state index in [0.29, 0.717) is 40.9 Å². The van der Waals surface area contributed by atoms with Gasteiger partial charge >= 0.3 is 5.97 Å². The maximum Gasteiger partial charge on any atom is 0.336 e. The van der Waals surface area contributed by atoms with E-state index >= 15 is 0 Å². The summed E-state index contributed by atoms with van der Waals surface area (Å²) < 4.78 is 47.3. The predicted octanol–water partition coefficient (Wildman–Crippen LogP) is 4.07. The van der Waals surface area contributed by atoms with E-state index in [1.807, 2.05) is 0 Å². The van der Waals surface area contributed by atoms with Gasteiger partial charge < -0.3 is 25.3 Å². The average Bonchev–Trinajstić information content (AvgIpc) is 3.41. The molecule has 2 aliphatic rings. The van der Waals surface area contributed by atoms with Crippen LogP contribution in [0, 0.1) is 0 Å². The number of aromatic nitrogens is 1. The van der Waals surface area contributed by atoms with E-state index < -0.39 is 22.0 Å². The molecular formula is C27H34ClN3O8S. The van der Waals surface area contributed by atoms with E-state index in [1.165, 1.54) is 0 Å². The Labute approximate surface area is 238 Å². The van der Waals surface area contributed by atoms with E-state index in [4.69, 9.17) is 30.4 Å². The van der Waals surface area contributed by atoms with Crippen molar-refractivity contribution in [2.24, 2.45) is 0 Å². The number of rotatable bonds is 11. The van der Waals surface area contributed by atoms with Crippen molar-refractivity contribution in [3.63, 3.8) is 0 Å². The molecule has 1 aromatic heterocycles. The Balaban J connectivity index is 0.00000441. The van der Waals surface area contributed by atoms with Crippen molar-refractivity contribution in [2.45, 2.75) is 51.2 Å². The van der Waals surface area contributed by atoms with E-state index in [9.17, 15) is 18.0 Å². The third kappa shape index (κ3) is 8.48. The Hall–Kier alpha value is -3.03. The maximum atomic E-state index is 13.5. The van der Waals surface area contributed by atoms with Gasteiger partial charge in [-0.25, -0.2) is 9.78 Å². The highest BCUT2D eigenvalue weighted by molar-refractivity contribution is 7.85. The molecule has 0 aliphatic carbocycles. The summed E-state index contributed by atoms with van der Waals surface area (Å²) in [7, 11) is -4.02. The SMILES string of the molecule is CC1=C(C(=O)OCc2ccc(OCCCS(=O)(=O)O)cc2)[C@H](c2ccc(Cl)nc2)CC(=O)N1C[C@H]1CCCO1.N. The normalized spacial score (nSPS) is 19.4. The standard InChI is InChI=1S/C27H31ClN2O8S.H3N/c1-18-26(27(32)38-17-19-5-8-21(9-6-19)36-12-3-13-39(33,34)35)23(20-7-10-24(28)29-15-20)14-25(31)30(18)16-22-4-2-11-37-22;/h5-10,15,22-23H,2-4,11-14,16-17H2,1H3,(H,33,34,35);1H3/t22-,23+;/m1./s1. The number of nitrogens with zero attached hydrogens (tertiary/aromatic N) is 2. The Morgan fingerprint density at radius 2 is 1.98 bits per heavy atom. The minimum atomic E-state index is -4.02. The Morgan fingerprint density at radius 1 is 1.23 bits per heavy atom. The van der Waals surface area contributed by atoms with Crippen LogP contribution in [0.5, 0.6) is 5.75 Å². The Bertz CT molecular complexity index is 1310. The fraction of sp³-hybridized carbons (Fsp3) is 0.444. The van der Waals surface area contributed by atoms with Crippen LogP contribution in [0.15, 0.2) is 53.9 Å². The number of halogens is 1. The minimum Gasteiger partial charge on any atom is -0.494 e. The number of benzene rings is 1. The summed E-state index contributed by atoms with van der Waals surface area (Å²) in [5, 5.41) is 0.316. The van der Waals surface area contributed by atoms with Gasteiger partial charge in [0, 0.05) is 30.8 Å². The molecule has 1 amide bonds. The molecule has 0 saturated carbocycles. The maximum absolute atomic E-state index is 13.5. The highest BCUT2D eigenvalue weighted by atomic mass is 35.5. The van der Waals surface area contributed by atoms with Gasteiger partial charge in [-0.3, -0.25) is 9.35 Å². The molecule has 4 N–H and O–H groups in total. The second kappa shape index (κ2) is 14.0. The first-order valence-electron chi connectivity index (χ1n) is 12.7. The molecule has 11 nitrogen and oxygen atoms in total. The van der Waals surface area contributed by atoms with Crippen molar-refractivity contribution in [2.75, 3.05) is 25.5 Å². The van der Waals surface area contributed by atoms with Gasteiger partial charge in [0.1, 0.15) is 17.5 Å². The monoisotopic (exact) mass is 595 g/mol. The number of amides is 1. The first-order chi connectivity index (χ1) is 18.6. The van der Waals surface area contributed by atoms with E-state index in [1.54, 1.807) is 54.4 Å². The van der Waals surface area contributed by atoms with Gasteiger partial charge in [-0.05, 0) is 55.5 Å². The number of carbonyl (C=O) groups excluding carboxylic acids is 2. The van der Waals surface area contributed by atoms with Gasteiger partial charge in [-0.15, -0.1) is 0 Å². The molecule has 1 saturated heterocycles. The molecule has 0 radical (unpaired) electrons. The Morgan fingerprint density at radius 3 is 2.60 bits per heavy atom. The van der Waals surface area contributed by atoms with Crippen molar-refractivity contribution < 1.29 is 36.8 Å². The summed E-state index contributed by atoms with van der Waals surface area (Å²) in [6.45, 7) is 2.94. The lowest BCUT2D eigenvalue weighted by molar-refractivity contribution is -0.141. The van der Waals surface area contributed by atoms with Crippen molar-refractivity contribution in [1.29, 1.82) is 0 Å². The van der Waals surface area contributed by atoms with Crippen LogP contribution in [0.3, 0.4) is 0 Å². The summed E-state index contributed by atoms with van der Waals surface area (Å²) in [6.07, 6.45) is 3.57. The smallest absolute Gasteiger partial charge is 0.336 e. The summed E-state index contributed by atoms with van der Waals surface area (Å²) in [6, 6.07) is 10.2. The van der Waals surface area contributed by atoms with Crippen LogP contribution in [-0.4, -0.2) is 66.3 Å². The molecule has 2 aromatic rings. The van der Waals surface area contributed by atoms with Gasteiger partial charge in [-0.1, -0.05) is 29.8 Å². The van der Waals surface area contributed by atoms with Gasteiger partial charge in [0.2, 0.25) is 5.91 Å². The quantitative estimate of drug-likeness (QED) is 0.167. The van der Waals surface area contributed by atoms with Crippen molar-refractivity contribution in [3.8, 4) is 5.75 Å². The lowest BCUT2D eigenvalue weighted by Crippen LogP contribution is -2.42. The van der Waals surface area contributed by atoms with Crippen LogP contribution in [0.25, 0.3) is 0 Å². The third-order valence-corrected chi connectivity index (χ3v) is 7.74. The molecule has 0 bridgehead atoms. The van der Waals surface area contributed by atoms with Gasteiger partial charge in [0.15, 0.2) is 0 Å². The fourth-order valence-corrected chi connectivity index (χ4v) is 5.30. The summed E-state index contributed by atoms with van der Waals surface area (Å²) in [5.74, 6) is -0.992. The first-order valence-corrected chi connectivity index (χ1v) is 14.7. The number of hydrogen-bond acceptors (Lipinski definition) is 9. The van der Waals surface area contributed by atoms with E-state index in [0.717, 1.165) is 18.4 Å². The van der Waals surface area contributed by atoms with Crippen LogP contribution >= 0.6 is 11.6 Å². The minimum absolute atomic E-state index is 0. The number of allylic oxidation sites excluding steroid dienone is 1. The lowest BCUT2D eigenvalue weighted by Gasteiger charge is -2.35. The van der Waals surface area contributed by atoms with Crippen LogP contribution in [0.1, 0.15) is 49.7 Å². The third-order valence-electron chi connectivity index (χ3n) is 6.71. The average molecular weight is 596 g/mol. The second-order valence-electron chi connectivity index (χ2n) is 9.52. The predicted molar refractivity (Wildman–Crippen MR) is 148 cm³/mol. The van der Waals surface area contributed by atoms with E-state index in [-0.39, 0.29) is 50.0 Å². The zero-order valence-electron chi connectivity index (χ0n) is 22.3. The number of ether oxygens (including phenoxy) is 3. The highest BCUT2D eigenvalue weighted by Gasteiger charge is 2.38. The van der Waals surface area contributed by atoms with Crippen LogP contribution in [0.2, 0.25) is 5.15 Å². The molecule has 1 aromatic carbocycles. The highest BCUT2D eigenvalue weighted by Crippen LogP contribution is 2.37. The Kier molecular flexibility index (Phi) is 11.1. The topological polar surface area (TPSA) is 167 Å². The number of esters is 1. The zero-order chi connectivity index (χ0) is 28.0.